The third-order valence-corrected chi connectivity index (χ3v) is 5.63. The van der Waals surface area contributed by atoms with Gasteiger partial charge in [-0.1, -0.05) is 30.3 Å². The molecular formula is C24H21F3N2O. The number of nitrogens with zero attached hydrogens (tertiary/aromatic N) is 2. The lowest BCUT2D eigenvalue weighted by molar-refractivity contribution is 0.209. The summed E-state index contributed by atoms with van der Waals surface area (Å²) in [5.41, 5.74) is 0.620. The van der Waals surface area contributed by atoms with E-state index < -0.39 is 17.4 Å². The van der Waals surface area contributed by atoms with E-state index in [0.717, 1.165) is 0 Å². The number of benzene rings is 3. The highest BCUT2D eigenvalue weighted by Gasteiger charge is 2.47. The van der Waals surface area contributed by atoms with Gasteiger partial charge in [0, 0.05) is 13.1 Å². The molecule has 3 aromatic rings. The Morgan fingerprint density at radius 3 is 2.20 bits per heavy atom. The number of ether oxygens (including phenoxy) is 1. The maximum absolute atomic E-state index is 14.0. The van der Waals surface area contributed by atoms with Gasteiger partial charge in [-0.2, -0.15) is 0 Å². The van der Waals surface area contributed by atoms with Gasteiger partial charge < -0.3 is 9.64 Å². The van der Waals surface area contributed by atoms with Gasteiger partial charge in [0.15, 0.2) is 0 Å². The fourth-order valence-corrected chi connectivity index (χ4v) is 3.88. The first-order chi connectivity index (χ1) is 14.4. The molecule has 1 heterocycles. The van der Waals surface area contributed by atoms with Crippen molar-refractivity contribution in [2.45, 2.75) is 18.5 Å². The summed E-state index contributed by atoms with van der Waals surface area (Å²) in [6.45, 7) is 2.03. The van der Waals surface area contributed by atoms with Crippen molar-refractivity contribution in [1.82, 2.24) is 4.90 Å². The number of hydrogen-bond acceptors (Lipinski definition) is 3. The first-order valence-electron chi connectivity index (χ1n) is 9.58. The molecule has 0 amide bonds. The Hall–Kier alpha value is -3.28. The third-order valence-electron chi connectivity index (χ3n) is 5.63. The number of halogens is 3. The zero-order valence-electron chi connectivity index (χ0n) is 16.6. The lowest BCUT2D eigenvalue weighted by Crippen LogP contribution is -2.44. The molecule has 0 unspecified atom stereocenters. The Morgan fingerprint density at radius 1 is 0.900 bits per heavy atom. The van der Waals surface area contributed by atoms with Gasteiger partial charge in [-0.05, 0) is 54.4 Å². The molecule has 0 saturated heterocycles. The minimum absolute atomic E-state index is 0.0939. The molecule has 0 fully saturated rings. The second-order valence-corrected chi connectivity index (χ2v) is 7.47. The van der Waals surface area contributed by atoms with Crippen LogP contribution in [-0.4, -0.2) is 24.4 Å². The maximum Gasteiger partial charge on any atom is 0.145 e. The Bertz CT molecular complexity index is 1100. The quantitative estimate of drug-likeness (QED) is 0.556. The first kappa shape index (κ1) is 20.0. The van der Waals surface area contributed by atoms with Crippen molar-refractivity contribution in [3.8, 4) is 5.75 Å². The lowest BCUT2D eigenvalue weighted by Gasteiger charge is -2.39. The molecule has 6 heteroatoms. The maximum atomic E-state index is 14.0. The second kappa shape index (κ2) is 7.86. The highest BCUT2D eigenvalue weighted by atomic mass is 19.1. The van der Waals surface area contributed by atoms with Gasteiger partial charge in [0.2, 0.25) is 0 Å². The van der Waals surface area contributed by atoms with E-state index in [2.05, 4.69) is 0 Å². The largest absolute Gasteiger partial charge is 0.486 e. The second-order valence-electron chi connectivity index (χ2n) is 7.47. The van der Waals surface area contributed by atoms with Crippen molar-refractivity contribution in [3.05, 3.63) is 101 Å². The van der Waals surface area contributed by atoms with E-state index >= 15 is 0 Å². The van der Waals surface area contributed by atoms with Gasteiger partial charge in [0.25, 0.3) is 0 Å². The SMILES string of the molecule is CN1C(COc2cccc(F)c2)=N[C@@H](c2cccc(F)c2)[C@@]1(C)c1cccc(F)c1. The van der Waals surface area contributed by atoms with Gasteiger partial charge in [0.1, 0.15) is 41.7 Å². The molecule has 0 aromatic heterocycles. The standard InChI is InChI=1S/C24H21F3N2O/c1-24(17-7-4-9-19(26)13-17)23(16-6-3-8-18(25)12-16)28-22(29(24)2)15-30-21-11-5-10-20(27)14-21/h3-14,23H,15H2,1-2H3/t23-,24+/m0/s1. The first-order valence-corrected chi connectivity index (χ1v) is 9.58. The van der Waals surface area contributed by atoms with E-state index in [1.165, 1.54) is 36.4 Å². The molecule has 154 valence electrons. The molecule has 1 aliphatic heterocycles. The fourth-order valence-electron chi connectivity index (χ4n) is 3.88. The number of aliphatic imine (C=N–C) groups is 1. The summed E-state index contributed by atoms with van der Waals surface area (Å²) < 4.78 is 47.2. The van der Waals surface area contributed by atoms with Crippen LogP contribution < -0.4 is 4.74 Å². The van der Waals surface area contributed by atoms with Crippen LogP contribution in [0.3, 0.4) is 0 Å². The molecule has 2 atom stereocenters. The van der Waals surface area contributed by atoms with Crippen LogP contribution in [0.15, 0.2) is 77.8 Å². The zero-order valence-corrected chi connectivity index (χ0v) is 16.6. The van der Waals surface area contributed by atoms with Crippen LogP contribution in [0.1, 0.15) is 24.1 Å². The lowest BCUT2D eigenvalue weighted by atomic mass is 9.81. The van der Waals surface area contributed by atoms with Gasteiger partial charge in [0.05, 0.1) is 5.54 Å². The molecule has 3 aromatic carbocycles. The van der Waals surface area contributed by atoms with Crippen molar-refractivity contribution < 1.29 is 17.9 Å². The van der Waals surface area contributed by atoms with Crippen molar-refractivity contribution in [2.24, 2.45) is 4.99 Å². The van der Waals surface area contributed by atoms with Gasteiger partial charge in [-0.3, -0.25) is 4.99 Å². The minimum Gasteiger partial charge on any atom is -0.486 e. The van der Waals surface area contributed by atoms with Crippen LogP contribution in [-0.2, 0) is 5.54 Å². The monoisotopic (exact) mass is 410 g/mol. The average Bonchev–Trinajstić information content (AvgIpc) is 2.98. The number of rotatable bonds is 5. The Labute approximate surface area is 173 Å². The molecule has 4 rings (SSSR count). The van der Waals surface area contributed by atoms with Crippen LogP contribution in [0.2, 0.25) is 0 Å². The summed E-state index contributed by atoms with van der Waals surface area (Å²) in [6, 6.07) is 18.0. The van der Waals surface area contributed by atoms with Crippen LogP contribution in [0.4, 0.5) is 13.2 Å². The molecule has 3 nitrogen and oxygen atoms in total. The van der Waals surface area contributed by atoms with Crippen molar-refractivity contribution in [3.63, 3.8) is 0 Å². The van der Waals surface area contributed by atoms with Gasteiger partial charge in [-0.25, -0.2) is 13.2 Å². The zero-order chi connectivity index (χ0) is 21.3. The number of likely N-dealkylation sites (N-methyl/N-ethyl adjacent to an activating group) is 1. The fraction of sp³-hybridized carbons (Fsp3) is 0.208. The van der Waals surface area contributed by atoms with Crippen LogP contribution in [0, 0.1) is 17.5 Å². The van der Waals surface area contributed by atoms with E-state index in [4.69, 9.17) is 9.73 Å². The van der Waals surface area contributed by atoms with Crippen LogP contribution in [0.25, 0.3) is 0 Å². The van der Waals surface area contributed by atoms with E-state index in [1.807, 2.05) is 24.9 Å². The smallest absolute Gasteiger partial charge is 0.145 e. The summed E-state index contributed by atoms with van der Waals surface area (Å²) in [5.74, 6) is -0.134. The summed E-state index contributed by atoms with van der Waals surface area (Å²) in [5, 5.41) is 0. The molecular weight excluding hydrogens is 389 g/mol. The minimum atomic E-state index is -0.767. The molecule has 0 bridgehead atoms. The van der Waals surface area contributed by atoms with Crippen LogP contribution in [0.5, 0.6) is 5.75 Å². The van der Waals surface area contributed by atoms with Crippen molar-refractivity contribution in [2.75, 3.05) is 13.7 Å². The highest BCUT2D eigenvalue weighted by Crippen LogP contribution is 2.46. The van der Waals surface area contributed by atoms with E-state index in [0.29, 0.717) is 22.7 Å². The topological polar surface area (TPSA) is 24.8 Å². The Balaban J connectivity index is 1.72. The van der Waals surface area contributed by atoms with E-state index in [1.54, 1.807) is 30.3 Å². The van der Waals surface area contributed by atoms with E-state index in [-0.39, 0.29) is 18.2 Å². The molecule has 0 aliphatic carbocycles. The normalized spacial score (nSPS) is 20.9. The van der Waals surface area contributed by atoms with Gasteiger partial charge >= 0.3 is 0 Å². The molecule has 30 heavy (non-hydrogen) atoms. The molecule has 0 spiro atoms. The Kier molecular flexibility index (Phi) is 5.24. The predicted octanol–water partition coefficient (Wildman–Crippen LogP) is 5.48. The predicted molar refractivity (Wildman–Crippen MR) is 110 cm³/mol. The summed E-state index contributed by atoms with van der Waals surface area (Å²) in [4.78, 5) is 6.73. The molecule has 0 saturated carbocycles. The van der Waals surface area contributed by atoms with Crippen LogP contribution >= 0.6 is 0 Å². The molecule has 0 radical (unpaired) electrons. The summed E-state index contributed by atoms with van der Waals surface area (Å²) in [7, 11) is 1.85. The number of hydrogen-bond donors (Lipinski definition) is 0. The summed E-state index contributed by atoms with van der Waals surface area (Å²) >= 11 is 0. The Morgan fingerprint density at radius 2 is 1.53 bits per heavy atom. The molecule has 0 N–H and O–H groups in total. The van der Waals surface area contributed by atoms with E-state index in [9.17, 15) is 13.2 Å². The molecule has 1 aliphatic rings. The average molecular weight is 410 g/mol. The van der Waals surface area contributed by atoms with Gasteiger partial charge in [-0.15, -0.1) is 0 Å². The highest BCUT2D eigenvalue weighted by molar-refractivity contribution is 5.87. The van der Waals surface area contributed by atoms with Crippen molar-refractivity contribution in [1.29, 1.82) is 0 Å². The third kappa shape index (κ3) is 3.65. The number of amidine groups is 1. The van der Waals surface area contributed by atoms with Crippen molar-refractivity contribution >= 4 is 5.84 Å². The summed E-state index contributed by atoms with van der Waals surface area (Å²) in [6.07, 6.45) is 0.